The second-order valence-corrected chi connectivity index (χ2v) is 9.65. The summed E-state index contributed by atoms with van der Waals surface area (Å²) in [4.78, 5) is 30.6. The lowest BCUT2D eigenvalue weighted by Gasteiger charge is -2.18. The lowest BCUT2D eigenvalue weighted by atomic mass is 10.2. The summed E-state index contributed by atoms with van der Waals surface area (Å²) in [7, 11) is 1.51. The van der Waals surface area contributed by atoms with Gasteiger partial charge in [0.05, 0.1) is 18.3 Å². The molecule has 2 aromatic carbocycles. The molecule has 1 unspecified atom stereocenters. The van der Waals surface area contributed by atoms with Crippen molar-refractivity contribution >= 4 is 39.1 Å². The number of fused-ring (bicyclic) bond motifs is 1. The molecule has 2 atom stereocenters. The molecule has 0 bridgehead atoms. The first-order chi connectivity index (χ1) is 17.3. The first-order valence-corrected chi connectivity index (χ1v) is 12.5. The smallest absolute Gasteiger partial charge is 0.323 e. The standard InChI is InChI=1S/C26H26ClN3O5S/c1-4-19(28)26(32)35-15(2)13-34-21-10-9-18(11-22(21)33-3)30-14-29-20-12-23(36-24(20)25(30)31)16-5-7-17(27)8-6-16/h5-12,14-15,19H,4,13,28H2,1-3H3/t15?,19-/m0/s1. The Hall–Kier alpha value is -3.40. The number of nitrogens with zero attached hydrogens (tertiary/aromatic N) is 2. The van der Waals surface area contributed by atoms with Crippen LogP contribution in [0.2, 0.25) is 5.02 Å². The van der Waals surface area contributed by atoms with Gasteiger partial charge < -0.3 is 19.9 Å². The van der Waals surface area contributed by atoms with Gasteiger partial charge in [-0.2, -0.15) is 0 Å². The first kappa shape index (κ1) is 25.7. The Labute approximate surface area is 217 Å². The third-order valence-corrected chi connectivity index (χ3v) is 6.94. The highest BCUT2D eigenvalue weighted by Gasteiger charge is 2.18. The summed E-state index contributed by atoms with van der Waals surface area (Å²) < 4.78 is 18.6. The molecule has 0 saturated carbocycles. The molecule has 0 spiro atoms. The second-order valence-electron chi connectivity index (χ2n) is 8.16. The van der Waals surface area contributed by atoms with Crippen LogP contribution in [0.3, 0.4) is 0 Å². The third-order valence-electron chi connectivity index (χ3n) is 5.53. The summed E-state index contributed by atoms with van der Waals surface area (Å²) in [6, 6.07) is 13.8. The van der Waals surface area contributed by atoms with Crippen LogP contribution in [0, 0.1) is 0 Å². The minimum Gasteiger partial charge on any atom is -0.493 e. The van der Waals surface area contributed by atoms with Crippen molar-refractivity contribution in [3.05, 3.63) is 70.2 Å². The fraction of sp³-hybridized carbons (Fsp3) is 0.269. The number of carbonyl (C=O) groups excluding carboxylic acids is 1. The number of ether oxygens (including phenoxy) is 3. The highest BCUT2D eigenvalue weighted by Crippen LogP contribution is 2.33. The maximum Gasteiger partial charge on any atom is 0.323 e. The monoisotopic (exact) mass is 527 g/mol. The Morgan fingerprint density at radius 3 is 2.61 bits per heavy atom. The van der Waals surface area contributed by atoms with E-state index in [0.717, 1.165) is 10.4 Å². The topological polar surface area (TPSA) is 106 Å². The van der Waals surface area contributed by atoms with Crippen molar-refractivity contribution in [3.63, 3.8) is 0 Å². The zero-order valence-corrected chi connectivity index (χ0v) is 21.6. The van der Waals surface area contributed by atoms with Gasteiger partial charge in [-0.1, -0.05) is 30.7 Å². The molecule has 4 rings (SSSR count). The molecular weight excluding hydrogens is 502 g/mol. The first-order valence-electron chi connectivity index (χ1n) is 11.3. The van der Waals surface area contributed by atoms with Gasteiger partial charge in [0.15, 0.2) is 11.5 Å². The fourth-order valence-corrected chi connectivity index (χ4v) is 4.64. The summed E-state index contributed by atoms with van der Waals surface area (Å²) in [6.07, 6.45) is 1.49. The van der Waals surface area contributed by atoms with Crippen LogP contribution in [0.4, 0.5) is 0 Å². The summed E-state index contributed by atoms with van der Waals surface area (Å²) in [5, 5.41) is 0.651. The van der Waals surface area contributed by atoms with Gasteiger partial charge in [0, 0.05) is 16.0 Å². The van der Waals surface area contributed by atoms with E-state index in [1.165, 1.54) is 29.3 Å². The maximum absolute atomic E-state index is 13.3. The van der Waals surface area contributed by atoms with Crippen molar-refractivity contribution in [1.29, 1.82) is 0 Å². The Balaban J connectivity index is 1.56. The van der Waals surface area contributed by atoms with Crippen LogP contribution < -0.4 is 20.8 Å². The number of nitrogens with two attached hydrogens (primary N) is 1. The molecule has 0 radical (unpaired) electrons. The average molecular weight is 528 g/mol. The van der Waals surface area contributed by atoms with Crippen molar-refractivity contribution in [1.82, 2.24) is 9.55 Å². The van der Waals surface area contributed by atoms with Crippen molar-refractivity contribution in [3.8, 4) is 27.6 Å². The van der Waals surface area contributed by atoms with E-state index in [9.17, 15) is 9.59 Å². The Morgan fingerprint density at radius 1 is 1.17 bits per heavy atom. The average Bonchev–Trinajstić information content (AvgIpc) is 3.33. The number of rotatable bonds is 9. The molecule has 2 N–H and O–H groups in total. The van der Waals surface area contributed by atoms with Gasteiger partial charge in [0.25, 0.3) is 5.56 Å². The summed E-state index contributed by atoms with van der Waals surface area (Å²) in [5.41, 5.74) is 7.69. The van der Waals surface area contributed by atoms with Gasteiger partial charge >= 0.3 is 5.97 Å². The number of aromatic nitrogens is 2. The van der Waals surface area contributed by atoms with Crippen molar-refractivity contribution in [2.75, 3.05) is 13.7 Å². The molecule has 188 valence electrons. The molecule has 4 aromatic rings. The van der Waals surface area contributed by atoms with Gasteiger partial charge in [0.1, 0.15) is 29.8 Å². The van der Waals surface area contributed by atoms with Crippen LogP contribution >= 0.6 is 22.9 Å². The number of esters is 1. The Kier molecular flexibility index (Phi) is 7.93. The predicted molar refractivity (Wildman–Crippen MR) is 142 cm³/mol. The molecule has 2 heterocycles. The van der Waals surface area contributed by atoms with E-state index in [0.29, 0.717) is 38.8 Å². The van der Waals surface area contributed by atoms with Gasteiger partial charge in [-0.3, -0.25) is 14.2 Å². The third kappa shape index (κ3) is 5.53. The number of halogens is 1. The Morgan fingerprint density at radius 2 is 1.92 bits per heavy atom. The molecular formula is C26H26ClN3O5S. The lowest BCUT2D eigenvalue weighted by Crippen LogP contribution is -2.35. The zero-order valence-electron chi connectivity index (χ0n) is 20.1. The van der Waals surface area contributed by atoms with Gasteiger partial charge in [-0.15, -0.1) is 11.3 Å². The van der Waals surface area contributed by atoms with Crippen LogP contribution in [-0.4, -0.2) is 41.4 Å². The van der Waals surface area contributed by atoms with Crippen molar-refractivity contribution in [2.45, 2.75) is 32.4 Å². The predicted octanol–water partition coefficient (Wildman–Crippen LogP) is 4.82. The lowest BCUT2D eigenvalue weighted by molar-refractivity contribution is -0.151. The van der Waals surface area contributed by atoms with Gasteiger partial charge in [-0.25, -0.2) is 4.98 Å². The minimum absolute atomic E-state index is 0.119. The van der Waals surface area contributed by atoms with E-state index in [2.05, 4.69) is 4.98 Å². The van der Waals surface area contributed by atoms with Crippen LogP contribution in [0.1, 0.15) is 20.3 Å². The minimum atomic E-state index is -0.656. The number of methoxy groups -OCH3 is 1. The summed E-state index contributed by atoms with van der Waals surface area (Å²) in [6.45, 7) is 3.66. The number of carbonyl (C=O) groups is 1. The van der Waals surface area contributed by atoms with E-state index in [4.69, 9.17) is 31.5 Å². The van der Waals surface area contributed by atoms with Crippen molar-refractivity contribution < 1.29 is 19.0 Å². The molecule has 0 aliphatic rings. The number of benzene rings is 2. The van der Waals surface area contributed by atoms with E-state index in [1.807, 2.05) is 37.3 Å². The summed E-state index contributed by atoms with van der Waals surface area (Å²) in [5.74, 6) is 0.412. The van der Waals surface area contributed by atoms with Crippen LogP contribution in [0.15, 0.2) is 59.7 Å². The highest BCUT2D eigenvalue weighted by atomic mass is 35.5. The molecule has 36 heavy (non-hydrogen) atoms. The molecule has 2 aromatic heterocycles. The van der Waals surface area contributed by atoms with E-state index in [1.54, 1.807) is 25.1 Å². The van der Waals surface area contributed by atoms with Crippen LogP contribution in [0.25, 0.3) is 26.3 Å². The largest absolute Gasteiger partial charge is 0.493 e. The van der Waals surface area contributed by atoms with Crippen molar-refractivity contribution in [2.24, 2.45) is 5.73 Å². The van der Waals surface area contributed by atoms with Crippen LogP contribution in [-0.2, 0) is 9.53 Å². The molecule has 0 aliphatic carbocycles. The SMILES string of the molecule is CC[C@H](N)C(=O)OC(C)COc1ccc(-n2cnc3cc(-c4ccc(Cl)cc4)sc3c2=O)cc1OC. The molecule has 8 nitrogen and oxygen atoms in total. The number of hydrogen-bond acceptors (Lipinski definition) is 8. The van der Waals surface area contributed by atoms with Gasteiger partial charge in [0.2, 0.25) is 0 Å². The zero-order chi connectivity index (χ0) is 25.8. The molecule has 0 aliphatic heterocycles. The van der Waals surface area contributed by atoms with E-state index < -0.39 is 18.1 Å². The number of thiophene rings is 1. The molecule has 10 heteroatoms. The van der Waals surface area contributed by atoms with E-state index >= 15 is 0 Å². The Bertz CT molecular complexity index is 1430. The molecule has 0 amide bonds. The van der Waals surface area contributed by atoms with E-state index in [-0.39, 0.29) is 12.2 Å². The second kappa shape index (κ2) is 11.1. The molecule has 0 fully saturated rings. The summed E-state index contributed by atoms with van der Waals surface area (Å²) >= 11 is 7.37. The quantitative estimate of drug-likeness (QED) is 0.311. The maximum atomic E-state index is 13.3. The number of hydrogen-bond donors (Lipinski definition) is 1. The van der Waals surface area contributed by atoms with Crippen LogP contribution in [0.5, 0.6) is 11.5 Å². The normalized spacial score (nSPS) is 12.8. The fourth-order valence-electron chi connectivity index (χ4n) is 3.47. The highest BCUT2D eigenvalue weighted by molar-refractivity contribution is 7.22. The van der Waals surface area contributed by atoms with Gasteiger partial charge in [-0.05, 0) is 49.2 Å². The molecule has 0 saturated heterocycles.